The minimum atomic E-state index is -0.656. The molecule has 3 unspecified atom stereocenters. The van der Waals surface area contributed by atoms with Crippen LogP contribution in [-0.4, -0.2) is 30.7 Å². The number of allylic oxidation sites excluding steroid dienone is 2. The quantitative estimate of drug-likeness (QED) is 0.425. The largest absolute Gasteiger partial charge is 0.493 e. The number of para-hydroxylation sites is 1. The average molecular weight is 474 g/mol. The smallest absolute Gasteiger partial charge is 0.315 e. The fourth-order valence-electron chi connectivity index (χ4n) is 5.08. The van der Waals surface area contributed by atoms with E-state index in [-0.39, 0.29) is 23.6 Å². The van der Waals surface area contributed by atoms with E-state index in [4.69, 9.17) is 14.5 Å². The number of Topliss-reactive ketones (excluding diaryl/α,β-unsaturated/α-hetero) is 1. The summed E-state index contributed by atoms with van der Waals surface area (Å²) in [6.07, 6.45) is 1.94. The zero-order valence-electron chi connectivity index (χ0n) is 21.1. The molecule has 5 nitrogen and oxygen atoms in total. The molecule has 0 fully saturated rings. The normalized spacial score (nSPS) is 22.0. The van der Waals surface area contributed by atoms with Crippen LogP contribution in [0.15, 0.2) is 70.9 Å². The van der Waals surface area contributed by atoms with Crippen LogP contribution in [0.5, 0.6) is 5.75 Å². The fraction of sp³-hybridized carbons (Fsp3) is 0.433. The molecule has 3 atom stereocenters. The van der Waals surface area contributed by atoms with Gasteiger partial charge in [-0.05, 0) is 43.2 Å². The number of ether oxygens (including phenoxy) is 2. The van der Waals surface area contributed by atoms with Crippen LogP contribution in [0.4, 0.5) is 0 Å². The van der Waals surface area contributed by atoms with Gasteiger partial charge < -0.3 is 9.47 Å². The number of carbonyl (C=O) groups excluding carboxylic acids is 2. The Morgan fingerprint density at radius 3 is 2.49 bits per heavy atom. The summed E-state index contributed by atoms with van der Waals surface area (Å²) >= 11 is 0. The first-order valence-corrected chi connectivity index (χ1v) is 12.6. The third kappa shape index (κ3) is 5.39. The maximum absolute atomic E-state index is 13.7. The molecule has 1 aliphatic heterocycles. The van der Waals surface area contributed by atoms with Crippen molar-refractivity contribution in [2.24, 2.45) is 16.8 Å². The van der Waals surface area contributed by atoms with E-state index in [1.54, 1.807) is 0 Å². The van der Waals surface area contributed by atoms with Crippen molar-refractivity contribution >= 4 is 17.5 Å². The maximum atomic E-state index is 13.7. The van der Waals surface area contributed by atoms with Crippen molar-refractivity contribution in [3.63, 3.8) is 0 Å². The molecule has 1 aliphatic carbocycles. The van der Waals surface area contributed by atoms with E-state index in [2.05, 4.69) is 19.1 Å². The van der Waals surface area contributed by atoms with Crippen molar-refractivity contribution < 1.29 is 19.1 Å². The third-order valence-corrected chi connectivity index (χ3v) is 6.69. The van der Waals surface area contributed by atoms with Crippen LogP contribution in [0.25, 0.3) is 0 Å². The Bertz CT molecular complexity index is 1130. The Labute approximate surface area is 208 Å². The number of hydrogen-bond donors (Lipinski definition) is 0. The molecule has 184 valence electrons. The van der Waals surface area contributed by atoms with E-state index in [9.17, 15) is 9.59 Å². The van der Waals surface area contributed by atoms with Crippen molar-refractivity contribution in [3.05, 3.63) is 77.0 Å². The molecule has 0 saturated heterocycles. The molecular formula is C30H35NO4. The molecule has 2 aliphatic rings. The van der Waals surface area contributed by atoms with Crippen LogP contribution in [0.3, 0.4) is 0 Å². The molecule has 0 saturated carbocycles. The van der Waals surface area contributed by atoms with Crippen molar-refractivity contribution in [3.8, 4) is 5.75 Å². The summed E-state index contributed by atoms with van der Waals surface area (Å²) in [6.45, 7) is 8.85. The van der Waals surface area contributed by atoms with Gasteiger partial charge in [0.05, 0.1) is 13.2 Å². The van der Waals surface area contributed by atoms with Crippen LogP contribution in [0.2, 0.25) is 0 Å². The van der Waals surface area contributed by atoms with Crippen molar-refractivity contribution in [2.75, 3.05) is 13.2 Å². The zero-order chi connectivity index (χ0) is 24.9. The molecule has 0 spiro atoms. The molecule has 0 bridgehead atoms. The lowest BCUT2D eigenvalue weighted by atomic mass is 9.69. The molecule has 2 aromatic carbocycles. The van der Waals surface area contributed by atoms with Gasteiger partial charge in [0.2, 0.25) is 0 Å². The second-order valence-corrected chi connectivity index (χ2v) is 9.92. The topological polar surface area (TPSA) is 65.0 Å². The molecule has 35 heavy (non-hydrogen) atoms. The van der Waals surface area contributed by atoms with Crippen molar-refractivity contribution in [1.29, 1.82) is 0 Å². The highest BCUT2D eigenvalue weighted by Crippen LogP contribution is 2.48. The minimum absolute atomic E-state index is 0.0494. The number of nitrogens with zero attached hydrogens (tertiary/aromatic N) is 1. The summed E-state index contributed by atoms with van der Waals surface area (Å²) in [4.78, 5) is 32.0. The monoisotopic (exact) mass is 473 g/mol. The van der Waals surface area contributed by atoms with Crippen molar-refractivity contribution in [1.82, 2.24) is 0 Å². The summed E-state index contributed by atoms with van der Waals surface area (Å²) < 4.78 is 11.8. The molecular weight excluding hydrogens is 438 g/mol. The predicted octanol–water partition coefficient (Wildman–Crippen LogP) is 6.25. The number of benzene rings is 2. The third-order valence-electron chi connectivity index (χ3n) is 6.69. The molecule has 0 N–H and O–H groups in total. The van der Waals surface area contributed by atoms with Crippen LogP contribution >= 0.6 is 0 Å². The number of rotatable bonds is 8. The standard InChI is InChI=1S/C30H35NO4/c1-5-15-34-26-14-10-9-13-23(26)28-27(30(33)35-18-19(2)3)20(4)31-24-16-22(17-25(32)29(24)28)21-11-7-6-8-12-21/h6-14,19,22,27-28H,5,15-18H2,1-4H3. The molecule has 4 rings (SSSR count). The second-order valence-electron chi connectivity index (χ2n) is 9.92. The van der Waals surface area contributed by atoms with Crippen LogP contribution in [-0.2, 0) is 14.3 Å². The van der Waals surface area contributed by atoms with Crippen molar-refractivity contribution in [2.45, 2.75) is 58.8 Å². The van der Waals surface area contributed by atoms with E-state index >= 15 is 0 Å². The summed E-state index contributed by atoms with van der Waals surface area (Å²) in [5.74, 6) is -0.407. The van der Waals surface area contributed by atoms with Gasteiger partial charge in [0.15, 0.2) is 5.78 Å². The lowest BCUT2D eigenvalue weighted by Crippen LogP contribution is -2.38. The summed E-state index contributed by atoms with van der Waals surface area (Å²) in [5.41, 5.74) is 4.11. The van der Waals surface area contributed by atoms with Crippen LogP contribution < -0.4 is 4.74 Å². The summed E-state index contributed by atoms with van der Waals surface area (Å²) in [6, 6.07) is 17.9. The van der Waals surface area contributed by atoms with Gasteiger partial charge in [0.1, 0.15) is 11.7 Å². The summed E-state index contributed by atoms with van der Waals surface area (Å²) in [7, 11) is 0. The van der Waals surface area contributed by atoms with E-state index < -0.39 is 11.8 Å². The van der Waals surface area contributed by atoms with Gasteiger partial charge >= 0.3 is 5.97 Å². The number of carbonyl (C=O) groups is 2. The van der Waals surface area contributed by atoms with Crippen LogP contribution in [0.1, 0.15) is 69.9 Å². The Morgan fingerprint density at radius 1 is 1.06 bits per heavy atom. The first kappa shape index (κ1) is 24.9. The Kier molecular flexibility index (Phi) is 7.84. The van der Waals surface area contributed by atoms with Gasteiger partial charge in [-0.1, -0.05) is 69.3 Å². The number of esters is 1. The van der Waals surface area contributed by atoms with Gasteiger partial charge in [-0.3, -0.25) is 14.6 Å². The van der Waals surface area contributed by atoms with Gasteiger partial charge in [-0.2, -0.15) is 0 Å². The fourth-order valence-corrected chi connectivity index (χ4v) is 5.08. The van der Waals surface area contributed by atoms with Gasteiger partial charge in [-0.15, -0.1) is 0 Å². The van der Waals surface area contributed by atoms with Gasteiger partial charge in [0.25, 0.3) is 0 Å². The lowest BCUT2D eigenvalue weighted by molar-refractivity contribution is -0.147. The maximum Gasteiger partial charge on any atom is 0.315 e. The lowest BCUT2D eigenvalue weighted by Gasteiger charge is -2.37. The Morgan fingerprint density at radius 2 is 1.77 bits per heavy atom. The zero-order valence-corrected chi connectivity index (χ0v) is 21.1. The van der Waals surface area contributed by atoms with E-state index in [0.29, 0.717) is 43.1 Å². The molecule has 0 radical (unpaired) electrons. The highest BCUT2D eigenvalue weighted by molar-refractivity contribution is 6.09. The number of aliphatic imine (C=N–C) groups is 1. The SMILES string of the molecule is CCCOc1ccccc1C1C2=C(CC(c3ccccc3)CC2=O)N=C(C)C1C(=O)OCC(C)C. The Hall–Kier alpha value is -3.21. The van der Waals surface area contributed by atoms with Crippen LogP contribution in [0, 0.1) is 11.8 Å². The molecule has 0 aromatic heterocycles. The predicted molar refractivity (Wildman–Crippen MR) is 138 cm³/mol. The second kappa shape index (κ2) is 11.0. The van der Waals surface area contributed by atoms with E-state index in [1.165, 1.54) is 0 Å². The first-order valence-electron chi connectivity index (χ1n) is 12.6. The van der Waals surface area contributed by atoms with Gasteiger partial charge in [-0.25, -0.2) is 0 Å². The first-order chi connectivity index (χ1) is 16.9. The highest BCUT2D eigenvalue weighted by atomic mass is 16.5. The van der Waals surface area contributed by atoms with Gasteiger partial charge in [0, 0.05) is 34.9 Å². The molecule has 0 amide bonds. The van der Waals surface area contributed by atoms with E-state index in [1.807, 2.05) is 63.2 Å². The molecule has 2 aromatic rings. The number of hydrogen-bond acceptors (Lipinski definition) is 5. The highest BCUT2D eigenvalue weighted by Gasteiger charge is 2.45. The Balaban J connectivity index is 1.80. The molecule has 5 heteroatoms. The molecule has 1 heterocycles. The summed E-state index contributed by atoms with van der Waals surface area (Å²) in [5, 5.41) is 0. The average Bonchev–Trinajstić information content (AvgIpc) is 2.85. The minimum Gasteiger partial charge on any atom is -0.493 e. The van der Waals surface area contributed by atoms with E-state index in [0.717, 1.165) is 23.2 Å². The number of ketones is 1.